The van der Waals surface area contributed by atoms with Gasteiger partial charge in [0.2, 0.25) is 0 Å². The van der Waals surface area contributed by atoms with Gasteiger partial charge in [-0.25, -0.2) is 0 Å². The molecule has 0 radical (unpaired) electrons. The fourth-order valence-electron chi connectivity index (χ4n) is 1.78. The fraction of sp³-hybridized carbons (Fsp3) is 0.615. The normalized spacial score (nSPS) is 10.3. The second-order valence-corrected chi connectivity index (χ2v) is 5.29. The lowest BCUT2D eigenvalue weighted by Crippen LogP contribution is -2.17. The van der Waals surface area contributed by atoms with Gasteiger partial charge in [-0.2, -0.15) is 0 Å². The Morgan fingerprint density at radius 3 is 2.68 bits per heavy atom. The van der Waals surface area contributed by atoms with Crippen molar-refractivity contribution in [3.8, 4) is 5.75 Å². The Hall–Kier alpha value is -1.43. The molecule has 1 rings (SSSR count). The molecule has 0 atom stereocenters. The first-order valence-electron chi connectivity index (χ1n) is 6.57. The zero-order chi connectivity index (χ0) is 14.3. The molecule has 4 N–H and O–H groups in total. The lowest BCUT2D eigenvalue weighted by atomic mass is 10.2. The van der Waals surface area contributed by atoms with Crippen molar-refractivity contribution >= 4 is 27.9 Å². The number of ether oxygens (including phenoxy) is 1. The molecule has 0 aliphatic carbocycles. The van der Waals surface area contributed by atoms with Crippen molar-refractivity contribution in [2.24, 2.45) is 0 Å². The molecule has 0 aliphatic heterocycles. The molecule has 1 amide bonds. The summed E-state index contributed by atoms with van der Waals surface area (Å²) in [5.74, 6) is 0.388. The van der Waals surface area contributed by atoms with E-state index in [1.54, 1.807) is 14.2 Å². The van der Waals surface area contributed by atoms with Crippen LogP contribution in [-0.2, 0) is 0 Å². The molecule has 1 heterocycles. The number of carbonyl (C=O) groups excluding carboxylic acids is 1. The Bertz CT molecular complexity index is 418. The number of nitrogens with two attached hydrogens (primary N) is 1. The van der Waals surface area contributed by atoms with Gasteiger partial charge in [0, 0.05) is 13.6 Å². The molecule has 0 saturated heterocycles. The molecular formula is C13H23N3O2S. The Morgan fingerprint density at radius 2 is 2.11 bits per heavy atom. The quantitative estimate of drug-likeness (QED) is 0.642. The molecule has 108 valence electrons. The average molecular weight is 285 g/mol. The molecule has 0 aromatic carbocycles. The highest BCUT2D eigenvalue weighted by atomic mass is 32.1. The van der Waals surface area contributed by atoms with E-state index >= 15 is 0 Å². The summed E-state index contributed by atoms with van der Waals surface area (Å²) < 4.78 is 5.27. The summed E-state index contributed by atoms with van der Waals surface area (Å²) in [6.45, 7) is 3.05. The zero-order valence-electron chi connectivity index (χ0n) is 11.8. The van der Waals surface area contributed by atoms with E-state index < -0.39 is 0 Å². The van der Waals surface area contributed by atoms with Crippen molar-refractivity contribution in [1.82, 2.24) is 5.32 Å². The first-order valence-corrected chi connectivity index (χ1v) is 7.39. The van der Waals surface area contributed by atoms with Crippen LogP contribution in [0.5, 0.6) is 5.75 Å². The maximum Gasteiger partial charge on any atom is 0.263 e. The van der Waals surface area contributed by atoms with Gasteiger partial charge >= 0.3 is 0 Å². The van der Waals surface area contributed by atoms with E-state index in [1.807, 2.05) is 0 Å². The second kappa shape index (κ2) is 7.89. The zero-order valence-corrected chi connectivity index (χ0v) is 12.7. The molecule has 0 fully saturated rings. The maximum absolute atomic E-state index is 11.7. The summed E-state index contributed by atoms with van der Waals surface area (Å²) in [5.41, 5.74) is 6.33. The highest BCUT2D eigenvalue weighted by Gasteiger charge is 2.20. The van der Waals surface area contributed by atoms with E-state index in [0.717, 1.165) is 18.0 Å². The monoisotopic (exact) mass is 285 g/mol. The molecule has 1 aromatic heterocycles. The van der Waals surface area contributed by atoms with Crippen LogP contribution in [0.2, 0.25) is 0 Å². The van der Waals surface area contributed by atoms with Crippen molar-refractivity contribution in [2.75, 3.05) is 31.8 Å². The molecular weight excluding hydrogens is 262 g/mol. The van der Waals surface area contributed by atoms with Gasteiger partial charge in [-0.3, -0.25) is 4.79 Å². The Kier molecular flexibility index (Phi) is 6.49. The number of nitrogen functional groups attached to an aromatic ring is 1. The number of hydrogen-bond acceptors (Lipinski definition) is 5. The van der Waals surface area contributed by atoms with Gasteiger partial charge in [0.15, 0.2) is 5.75 Å². The van der Waals surface area contributed by atoms with Gasteiger partial charge in [0.1, 0.15) is 15.6 Å². The van der Waals surface area contributed by atoms with Crippen LogP contribution < -0.4 is 21.1 Å². The number of unbranched alkanes of at least 4 members (excludes halogenated alkanes) is 3. The summed E-state index contributed by atoms with van der Waals surface area (Å²) in [6, 6.07) is 0. The third-order valence-electron chi connectivity index (χ3n) is 2.85. The van der Waals surface area contributed by atoms with E-state index in [4.69, 9.17) is 10.5 Å². The van der Waals surface area contributed by atoms with Crippen LogP contribution >= 0.6 is 11.3 Å². The van der Waals surface area contributed by atoms with E-state index in [-0.39, 0.29) is 5.91 Å². The standard InChI is InChI=1S/C13H23N3O2S/c1-4-5-6-7-8-16-13-10(18-3)9(14)11(19-13)12(17)15-2/h16H,4-8,14H2,1-3H3,(H,15,17). The number of nitrogens with one attached hydrogen (secondary N) is 2. The average Bonchev–Trinajstić information content (AvgIpc) is 2.74. The van der Waals surface area contributed by atoms with Gasteiger partial charge in [-0.15, -0.1) is 11.3 Å². The summed E-state index contributed by atoms with van der Waals surface area (Å²) >= 11 is 1.33. The topological polar surface area (TPSA) is 76.4 Å². The molecule has 0 bridgehead atoms. The van der Waals surface area contributed by atoms with Gasteiger partial charge in [0.05, 0.1) is 7.11 Å². The highest BCUT2D eigenvalue weighted by Crippen LogP contribution is 2.42. The molecule has 5 nitrogen and oxygen atoms in total. The summed E-state index contributed by atoms with van der Waals surface area (Å²) in [5, 5.41) is 6.70. The van der Waals surface area contributed by atoms with Crippen molar-refractivity contribution < 1.29 is 9.53 Å². The first kappa shape index (κ1) is 15.6. The van der Waals surface area contributed by atoms with Gasteiger partial charge in [-0.05, 0) is 6.42 Å². The lowest BCUT2D eigenvalue weighted by molar-refractivity contribution is 0.0967. The smallest absolute Gasteiger partial charge is 0.263 e. The number of carbonyl (C=O) groups is 1. The summed E-state index contributed by atoms with van der Waals surface area (Å²) in [4.78, 5) is 12.2. The molecule has 19 heavy (non-hydrogen) atoms. The van der Waals surface area contributed by atoms with E-state index in [0.29, 0.717) is 16.3 Å². The largest absolute Gasteiger partial charge is 0.492 e. The predicted octanol–water partition coefficient (Wildman–Crippen LogP) is 2.69. The fourth-order valence-corrected chi connectivity index (χ4v) is 2.85. The van der Waals surface area contributed by atoms with Crippen molar-refractivity contribution in [3.63, 3.8) is 0 Å². The number of methoxy groups -OCH3 is 1. The number of anilines is 2. The summed E-state index contributed by atoms with van der Waals surface area (Å²) in [7, 11) is 3.15. The minimum atomic E-state index is -0.181. The minimum absolute atomic E-state index is 0.181. The lowest BCUT2D eigenvalue weighted by Gasteiger charge is -2.06. The Labute approximate surface area is 118 Å². The molecule has 0 saturated carbocycles. The number of thiophene rings is 1. The van der Waals surface area contributed by atoms with Crippen LogP contribution in [0.4, 0.5) is 10.7 Å². The first-order chi connectivity index (χ1) is 9.15. The molecule has 0 unspecified atom stereocenters. The molecule has 0 spiro atoms. The Balaban J connectivity index is 2.69. The molecule has 0 aliphatic rings. The van der Waals surface area contributed by atoms with Crippen LogP contribution in [0.25, 0.3) is 0 Å². The van der Waals surface area contributed by atoms with Crippen molar-refractivity contribution in [1.29, 1.82) is 0 Å². The van der Waals surface area contributed by atoms with Gasteiger partial charge < -0.3 is 21.1 Å². The number of amides is 1. The van der Waals surface area contributed by atoms with Gasteiger partial charge in [0.25, 0.3) is 5.91 Å². The van der Waals surface area contributed by atoms with Crippen LogP contribution in [-0.4, -0.2) is 26.6 Å². The van der Waals surface area contributed by atoms with E-state index in [1.165, 1.54) is 30.6 Å². The molecule has 1 aromatic rings. The van der Waals surface area contributed by atoms with Crippen LogP contribution in [0, 0.1) is 0 Å². The third-order valence-corrected chi connectivity index (χ3v) is 4.00. The predicted molar refractivity (Wildman–Crippen MR) is 81.3 cm³/mol. The van der Waals surface area contributed by atoms with Crippen LogP contribution in [0.1, 0.15) is 42.3 Å². The third kappa shape index (κ3) is 4.02. The Morgan fingerprint density at radius 1 is 1.37 bits per heavy atom. The van der Waals surface area contributed by atoms with E-state index in [9.17, 15) is 4.79 Å². The number of hydrogen-bond donors (Lipinski definition) is 3. The highest BCUT2D eigenvalue weighted by molar-refractivity contribution is 7.19. The van der Waals surface area contributed by atoms with Gasteiger partial charge in [-0.1, -0.05) is 26.2 Å². The van der Waals surface area contributed by atoms with Crippen molar-refractivity contribution in [3.05, 3.63) is 4.88 Å². The van der Waals surface area contributed by atoms with Crippen LogP contribution in [0.3, 0.4) is 0 Å². The maximum atomic E-state index is 11.7. The van der Waals surface area contributed by atoms with E-state index in [2.05, 4.69) is 17.6 Å². The second-order valence-electron chi connectivity index (χ2n) is 4.27. The number of rotatable bonds is 8. The van der Waals surface area contributed by atoms with Crippen LogP contribution in [0.15, 0.2) is 0 Å². The van der Waals surface area contributed by atoms with Crippen molar-refractivity contribution in [2.45, 2.75) is 32.6 Å². The minimum Gasteiger partial charge on any atom is -0.492 e. The molecule has 6 heteroatoms. The summed E-state index contributed by atoms with van der Waals surface area (Å²) in [6.07, 6.45) is 4.77. The SMILES string of the molecule is CCCCCCNc1sc(C(=O)NC)c(N)c1OC.